The molecule has 17 heavy (non-hydrogen) atoms. The second kappa shape index (κ2) is 5.56. The fraction of sp³-hybridized carbons (Fsp3) is 0.154. The van der Waals surface area contributed by atoms with Crippen LogP contribution in [0, 0.1) is 6.92 Å². The monoisotopic (exact) mass is 309 g/mol. The van der Waals surface area contributed by atoms with E-state index in [0.29, 0.717) is 5.88 Å². The molecule has 0 fully saturated rings. The van der Waals surface area contributed by atoms with Gasteiger partial charge < -0.3 is 4.74 Å². The van der Waals surface area contributed by atoms with Gasteiger partial charge in [0.25, 0.3) is 0 Å². The number of benzene rings is 1. The van der Waals surface area contributed by atoms with Crippen molar-refractivity contribution in [1.29, 1.82) is 0 Å². The Balaban J connectivity index is 2.19. The first-order valence-corrected chi connectivity index (χ1v) is 7.15. The maximum Gasteiger partial charge on any atom is 0.222 e. The predicted molar refractivity (Wildman–Crippen MR) is 75.0 cm³/mol. The SMILES string of the molecule is CSc1ccc(Oc2ncc(Br)cc2C)cc1. The molecule has 0 saturated carbocycles. The van der Waals surface area contributed by atoms with Gasteiger partial charge in [-0.2, -0.15) is 0 Å². The quantitative estimate of drug-likeness (QED) is 0.769. The number of aryl methyl sites for hydroxylation is 1. The average Bonchev–Trinajstić information content (AvgIpc) is 2.34. The van der Waals surface area contributed by atoms with E-state index in [1.807, 2.05) is 37.3 Å². The highest BCUT2D eigenvalue weighted by Crippen LogP contribution is 2.26. The van der Waals surface area contributed by atoms with Crippen LogP contribution in [0.25, 0.3) is 0 Å². The Morgan fingerprint density at radius 3 is 2.53 bits per heavy atom. The molecule has 0 radical (unpaired) electrons. The van der Waals surface area contributed by atoms with Crippen LogP contribution in [0.15, 0.2) is 45.9 Å². The Hall–Kier alpha value is -1.00. The zero-order valence-electron chi connectivity index (χ0n) is 9.61. The molecule has 2 aromatic rings. The largest absolute Gasteiger partial charge is 0.439 e. The van der Waals surface area contributed by atoms with E-state index in [4.69, 9.17) is 4.74 Å². The van der Waals surface area contributed by atoms with E-state index in [9.17, 15) is 0 Å². The van der Waals surface area contributed by atoms with Crippen LogP contribution in [-0.2, 0) is 0 Å². The molecule has 2 nitrogen and oxygen atoms in total. The zero-order chi connectivity index (χ0) is 12.3. The fourth-order valence-electron chi connectivity index (χ4n) is 1.39. The molecular weight excluding hydrogens is 298 g/mol. The lowest BCUT2D eigenvalue weighted by Gasteiger charge is -2.07. The van der Waals surface area contributed by atoms with E-state index in [2.05, 4.69) is 27.2 Å². The molecule has 0 saturated heterocycles. The molecular formula is C13H12BrNOS. The molecule has 4 heteroatoms. The number of hydrogen-bond donors (Lipinski definition) is 0. The van der Waals surface area contributed by atoms with Crippen molar-refractivity contribution in [3.8, 4) is 11.6 Å². The second-order valence-corrected chi connectivity index (χ2v) is 5.35. The Bertz CT molecular complexity index is 513. The van der Waals surface area contributed by atoms with Crippen molar-refractivity contribution >= 4 is 27.7 Å². The van der Waals surface area contributed by atoms with Crippen molar-refractivity contribution in [1.82, 2.24) is 4.98 Å². The molecule has 0 N–H and O–H groups in total. The predicted octanol–water partition coefficient (Wildman–Crippen LogP) is 4.67. The summed E-state index contributed by atoms with van der Waals surface area (Å²) >= 11 is 5.09. The van der Waals surface area contributed by atoms with Gasteiger partial charge in [-0.25, -0.2) is 4.98 Å². The molecule has 0 aliphatic heterocycles. The second-order valence-electron chi connectivity index (χ2n) is 3.55. The Morgan fingerprint density at radius 2 is 1.94 bits per heavy atom. The van der Waals surface area contributed by atoms with E-state index >= 15 is 0 Å². The van der Waals surface area contributed by atoms with Crippen LogP contribution in [0.1, 0.15) is 5.56 Å². The van der Waals surface area contributed by atoms with Crippen molar-refractivity contribution in [2.75, 3.05) is 6.26 Å². The summed E-state index contributed by atoms with van der Waals surface area (Å²) in [5.41, 5.74) is 1.01. The first-order valence-electron chi connectivity index (χ1n) is 5.13. The molecule has 0 aliphatic rings. The zero-order valence-corrected chi connectivity index (χ0v) is 12.0. The number of thioether (sulfide) groups is 1. The van der Waals surface area contributed by atoms with Crippen LogP contribution in [-0.4, -0.2) is 11.2 Å². The van der Waals surface area contributed by atoms with Crippen molar-refractivity contribution in [3.05, 3.63) is 46.6 Å². The summed E-state index contributed by atoms with van der Waals surface area (Å²) in [7, 11) is 0. The van der Waals surface area contributed by atoms with Crippen LogP contribution in [0.3, 0.4) is 0 Å². The molecule has 2 rings (SSSR count). The normalized spacial score (nSPS) is 10.3. The van der Waals surface area contributed by atoms with E-state index < -0.39 is 0 Å². The van der Waals surface area contributed by atoms with Gasteiger partial charge in [-0.05, 0) is 59.4 Å². The van der Waals surface area contributed by atoms with Crippen LogP contribution < -0.4 is 4.74 Å². The maximum absolute atomic E-state index is 5.72. The van der Waals surface area contributed by atoms with Gasteiger partial charge in [-0.1, -0.05) is 0 Å². The van der Waals surface area contributed by atoms with Crippen LogP contribution in [0.5, 0.6) is 11.6 Å². The number of rotatable bonds is 3. The number of ether oxygens (including phenoxy) is 1. The lowest BCUT2D eigenvalue weighted by atomic mass is 10.3. The number of aromatic nitrogens is 1. The highest BCUT2D eigenvalue weighted by molar-refractivity contribution is 9.10. The van der Waals surface area contributed by atoms with Crippen molar-refractivity contribution < 1.29 is 4.74 Å². The van der Waals surface area contributed by atoms with Crippen molar-refractivity contribution in [2.45, 2.75) is 11.8 Å². The van der Waals surface area contributed by atoms with Gasteiger partial charge in [-0.15, -0.1) is 11.8 Å². The van der Waals surface area contributed by atoms with Gasteiger partial charge in [0.2, 0.25) is 5.88 Å². The lowest BCUT2D eigenvalue weighted by molar-refractivity contribution is 0.458. The minimum absolute atomic E-state index is 0.644. The third kappa shape index (κ3) is 3.23. The smallest absolute Gasteiger partial charge is 0.222 e. The summed E-state index contributed by atoms with van der Waals surface area (Å²) in [6.45, 7) is 1.98. The number of hydrogen-bond acceptors (Lipinski definition) is 3. The van der Waals surface area contributed by atoms with Crippen LogP contribution >= 0.6 is 27.7 Å². The first-order chi connectivity index (χ1) is 8.19. The van der Waals surface area contributed by atoms with Crippen LogP contribution in [0.2, 0.25) is 0 Å². The first kappa shape index (κ1) is 12.5. The average molecular weight is 310 g/mol. The molecule has 0 amide bonds. The summed E-state index contributed by atoms with van der Waals surface area (Å²) in [5.74, 6) is 1.45. The van der Waals surface area contributed by atoms with Gasteiger partial charge in [0, 0.05) is 21.1 Å². The topological polar surface area (TPSA) is 22.1 Å². The van der Waals surface area contributed by atoms with Crippen molar-refractivity contribution in [2.24, 2.45) is 0 Å². The van der Waals surface area contributed by atoms with Gasteiger partial charge in [0.1, 0.15) is 5.75 Å². The third-order valence-electron chi connectivity index (χ3n) is 2.27. The van der Waals surface area contributed by atoms with E-state index in [1.165, 1.54) is 4.90 Å². The fourth-order valence-corrected chi connectivity index (χ4v) is 2.24. The molecule has 88 valence electrons. The summed E-state index contributed by atoms with van der Waals surface area (Å²) in [6, 6.07) is 9.96. The Morgan fingerprint density at radius 1 is 1.24 bits per heavy atom. The third-order valence-corrected chi connectivity index (χ3v) is 3.45. The molecule has 1 aromatic heterocycles. The lowest BCUT2D eigenvalue weighted by Crippen LogP contribution is -1.90. The summed E-state index contributed by atoms with van der Waals surface area (Å²) in [6.07, 6.45) is 3.79. The van der Waals surface area contributed by atoms with Gasteiger partial charge in [0.05, 0.1) is 0 Å². The minimum atomic E-state index is 0.644. The van der Waals surface area contributed by atoms with E-state index in [-0.39, 0.29) is 0 Å². The van der Waals surface area contributed by atoms with Crippen molar-refractivity contribution in [3.63, 3.8) is 0 Å². The van der Waals surface area contributed by atoms with E-state index in [0.717, 1.165) is 15.8 Å². The number of halogens is 1. The van der Waals surface area contributed by atoms with Gasteiger partial charge in [-0.3, -0.25) is 0 Å². The van der Waals surface area contributed by atoms with Gasteiger partial charge >= 0.3 is 0 Å². The molecule has 1 aromatic carbocycles. The number of pyridine rings is 1. The minimum Gasteiger partial charge on any atom is -0.439 e. The maximum atomic E-state index is 5.72. The molecule has 0 bridgehead atoms. The standard InChI is InChI=1S/C13H12BrNOS/c1-9-7-10(14)8-15-13(9)16-11-3-5-12(17-2)6-4-11/h3-8H,1-2H3. The summed E-state index contributed by atoms with van der Waals surface area (Å²) in [4.78, 5) is 5.46. The molecule has 1 heterocycles. The highest BCUT2D eigenvalue weighted by atomic mass is 79.9. The summed E-state index contributed by atoms with van der Waals surface area (Å²) < 4.78 is 6.68. The number of nitrogens with zero attached hydrogens (tertiary/aromatic N) is 1. The van der Waals surface area contributed by atoms with E-state index in [1.54, 1.807) is 18.0 Å². The molecule has 0 aliphatic carbocycles. The highest BCUT2D eigenvalue weighted by Gasteiger charge is 2.03. The molecule has 0 spiro atoms. The Labute approximate surface area is 114 Å². The Kier molecular flexibility index (Phi) is 4.07. The molecule has 0 atom stereocenters. The summed E-state index contributed by atoms with van der Waals surface area (Å²) in [5, 5.41) is 0. The van der Waals surface area contributed by atoms with Crippen LogP contribution in [0.4, 0.5) is 0 Å². The van der Waals surface area contributed by atoms with Gasteiger partial charge in [0.15, 0.2) is 0 Å². The molecule has 0 unspecified atom stereocenters.